The third-order valence-electron chi connectivity index (χ3n) is 6.06. The summed E-state index contributed by atoms with van der Waals surface area (Å²) in [6.07, 6.45) is 0.839. The summed E-state index contributed by atoms with van der Waals surface area (Å²) in [5, 5.41) is 23.0. The molecule has 7 heteroatoms. The molecule has 182 valence electrons. The average Bonchev–Trinajstić information content (AvgIpc) is 2.86. The molecule has 6 nitrogen and oxygen atoms in total. The van der Waals surface area contributed by atoms with Gasteiger partial charge in [-0.2, -0.15) is 0 Å². The maximum atomic E-state index is 10.7. The van der Waals surface area contributed by atoms with Crippen molar-refractivity contribution < 1.29 is 19.8 Å². The van der Waals surface area contributed by atoms with E-state index in [-0.39, 0.29) is 11.7 Å². The van der Waals surface area contributed by atoms with Gasteiger partial charge in [-0.15, -0.1) is 0 Å². The van der Waals surface area contributed by atoms with Gasteiger partial charge >= 0.3 is 6.16 Å². The van der Waals surface area contributed by atoms with Crippen molar-refractivity contribution in [3.05, 3.63) is 118 Å². The number of carboxylic acid groups (broad SMARTS) is 1. The summed E-state index contributed by atoms with van der Waals surface area (Å²) in [6, 6.07) is 24.6. The zero-order chi connectivity index (χ0) is 25.7. The first-order valence-electron chi connectivity index (χ1n) is 11.3. The SMILES string of the molecule is Cc1cc(/C(C[C@H](c2ccc(-c3ccc(OC(=O)O)cc3)cc2)c2ccc(Cl)cc2C)=N/O)ccn1. The van der Waals surface area contributed by atoms with Gasteiger partial charge in [0, 0.05) is 34.8 Å². The quantitative estimate of drug-likeness (QED) is 0.0902. The minimum absolute atomic E-state index is 0.0815. The van der Waals surface area contributed by atoms with Gasteiger partial charge in [-0.25, -0.2) is 4.79 Å². The number of hydrogen-bond acceptors (Lipinski definition) is 5. The van der Waals surface area contributed by atoms with Crippen LogP contribution in [0, 0.1) is 13.8 Å². The first-order valence-corrected chi connectivity index (χ1v) is 11.7. The number of oxime groups is 1. The number of hydrogen-bond donors (Lipinski definition) is 2. The van der Waals surface area contributed by atoms with Crippen LogP contribution in [0.15, 0.2) is 90.2 Å². The number of rotatable bonds is 7. The molecule has 0 aliphatic heterocycles. The molecule has 0 saturated carbocycles. The van der Waals surface area contributed by atoms with Crippen LogP contribution >= 0.6 is 11.6 Å². The second kappa shape index (κ2) is 11.1. The van der Waals surface area contributed by atoms with Gasteiger partial charge in [0.2, 0.25) is 0 Å². The topological polar surface area (TPSA) is 92.0 Å². The second-order valence-electron chi connectivity index (χ2n) is 8.50. The van der Waals surface area contributed by atoms with Crippen LogP contribution in [-0.2, 0) is 0 Å². The lowest BCUT2D eigenvalue weighted by Crippen LogP contribution is -2.12. The molecule has 0 amide bonds. The Morgan fingerprint density at radius 1 is 0.972 bits per heavy atom. The molecular formula is C29H25ClN2O4. The largest absolute Gasteiger partial charge is 0.511 e. The van der Waals surface area contributed by atoms with E-state index in [4.69, 9.17) is 16.7 Å². The Morgan fingerprint density at radius 2 is 1.64 bits per heavy atom. The molecule has 0 aliphatic rings. The Bertz CT molecular complexity index is 1400. The van der Waals surface area contributed by atoms with E-state index in [9.17, 15) is 10.0 Å². The summed E-state index contributed by atoms with van der Waals surface area (Å²) in [6.45, 7) is 3.92. The predicted octanol–water partition coefficient (Wildman–Crippen LogP) is 7.48. The minimum atomic E-state index is -1.34. The molecule has 3 aromatic carbocycles. The zero-order valence-corrected chi connectivity index (χ0v) is 20.6. The van der Waals surface area contributed by atoms with Gasteiger partial charge < -0.3 is 15.1 Å². The van der Waals surface area contributed by atoms with Crippen LogP contribution in [0.3, 0.4) is 0 Å². The number of carbonyl (C=O) groups is 1. The fourth-order valence-electron chi connectivity index (χ4n) is 4.30. The first kappa shape index (κ1) is 24.9. The van der Waals surface area contributed by atoms with E-state index in [0.29, 0.717) is 17.2 Å². The Kier molecular flexibility index (Phi) is 7.66. The molecule has 1 heterocycles. The molecule has 0 bridgehead atoms. The number of benzene rings is 3. The van der Waals surface area contributed by atoms with Gasteiger partial charge in [-0.05, 0) is 78.1 Å². The van der Waals surface area contributed by atoms with Crippen molar-refractivity contribution in [2.75, 3.05) is 0 Å². The van der Waals surface area contributed by atoms with Gasteiger partial charge in [0.25, 0.3) is 0 Å². The van der Waals surface area contributed by atoms with Crippen molar-refractivity contribution in [3.8, 4) is 16.9 Å². The molecule has 4 aromatic rings. The van der Waals surface area contributed by atoms with Gasteiger partial charge in [0.1, 0.15) is 5.75 Å². The summed E-state index contributed by atoms with van der Waals surface area (Å²) >= 11 is 6.23. The minimum Gasteiger partial charge on any atom is -0.449 e. The summed E-state index contributed by atoms with van der Waals surface area (Å²) < 4.78 is 4.69. The van der Waals surface area contributed by atoms with E-state index in [0.717, 1.165) is 39.1 Å². The Labute approximate surface area is 214 Å². The lowest BCUT2D eigenvalue weighted by Gasteiger charge is -2.21. The van der Waals surface area contributed by atoms with E-state index in [1.807, 2.05) is 68.4 Å². The van der Waals surface area contributed by atoms with Gasteiger partial charge in [0.15, 0.2) is 0 Å². The number of aromatic nitrogens is 1. The van der Waals surface area contributed by atoms with Crippen molar-refractivity contribution in [2.45, 2.75) is 26.2 Å². The molecule has 1 aromatic heterocycles. The lowest BCUT2D eigenvalue weighted by molar-refractivity contribution is 0.144. The number of pyridine rings is 1. The van der Waals surface area contributed by atoms with Crippen LogP contribution in [0.5, 0.6) is 5.75 Å². The Balaban J connectivity index is 1.68. The summed E-state index contributed by atoms with van der Waals surface area (Å²) in [5.41, 5.74) is 7.35. The Morgan fingerprint density at radius 3 is 2.22 bits per heavy atom. The van der Waals surface area contributed by atoms with E-state index < -0.39 is 6.16 Å². The van der Waals surface area contributed by atoms with Crippen molar-refractivity contribution in [1.82, 2.24) is 4.98 Å². The van der Waals surface area contributed by atoms with Crippen molar-refractivity contribution in [3.63, 3.8) is 0 Å². The Hall–Kier alpha value is -4.16. The summed E-state index contributed by atoms with van der Waals surface area (Å²) in [5.74, 6) is 0.186. The third kappa shape index (κ3) is 5.90. The van der Waals surface area contributed by atoms with E-state index in [1.165, 1.54) is 0 Å². The monoisotopic (exact) mass is 500 g/mol. The molecule has 2 N–H and O–H groups in total. The molecule has 4 rings (SSSR count). The average molecular weight is 501 g/mol. The molecular weight excluding hydrogens is 476 g/mol. The van der Waals surface area contributed by atoms with Crippen LogP contribution in [0.25, 0.3) is 11.1 Å². The fourth-order valence-corrected chi connectivity index (χ4v) is 4.52. The second-order valence-corrected chi connectivity index (χ2v) is 8.94. The van der Waals surface area contributed by atoms with Crippen LogP contribution in [0.2, 0.25) is 5.02 Å². The highest BCUT2D eigenvalue weighted by Crippen LogP contribution is 2.34. The van der Waals surface area contributed by atoms with Crippen LogP contribution < -0.4 is 4.74 Å². The molecule has 36 heavy (non-hydrogen) atoms. The smallest absolute Gasteiger partial charge is 0.449 e. The fraction of sp³-hybridized carbons (Fsp3) is 0.138. The van der Waals surface area contributed by atoms with E-state index >= 15 is 0 Å². The number of nitrogens with zero attached hydrogens (tertiary/aromatic N) is 2. The molecule has 0 fully saturated rings. The standard InChI is InChI=1S/C29H25ClN2O4/c1-18-15-24(30)9-12-26(18)27(17-28(32-35)23-13-14-31-19(2)16-23)22-5-3-20(4-6-22)21-7-10-25(11-8-21)36-29(33)34/h3-16,27,35H,17H2,1-2H3,(H,33,34)/b32-28+/t27-/m1/s1. The lowest BCUT2D eigenvalue weighted by atomic mass is 9.83. The molecule has 0 radical (unpaired) electrons. The number of ether oxygens (including phenoxy) is 1. The molecule has 1 atom stereocenters. The maximum absolute atomic E-state index is 10.7. The van der Waals surface area contributed by atoms with Crippen LogP contribution in [-0.4, -0.2) is 27.2 Å². The molecule has 0 aliphatic carbocycles. The van der Waals surface area contributed by atoms with Gasteiger partial charge in [-0.3, -0.25) is 4.98 Å². The zero-order valence-electron chi connectivity index (χ0n) is 19.9. The van der Waals surface area contributed by atoms with Gasteiger partial charge in [-0.1, -0.05) is 59.2 Å². The van der Waals surface area contributed by atoms with E-state index in [1.54, 1.807) is 18.3 Å². The highest BCUT2D eigenvalue weighted by Gasteiger charge is 2.21. The third-order valence-corrected chi connectivity index (χ3v) is 6.30. The van der Waals surface area contributed by atoms with Crippen LogP contribution in [0.1, 0.15) is 40.3 Å². The number of aryl methyl sites for hydroxylation is 2. The highest BCUT2D eigenvalue weighted by molar-refractivity contribution is 6.30. The normalized spacial score (nSPS) is 12.2. The predicted molar refractivity (Wildman–Crippen MR) is 140 cm³/mol. The van der Waals surface area contributed by atoms with Crippen LogP contribution in [0.4, 0.5) is 4.79 Å². The molecule has 0 spiro atoms. The van der Waals surface area contributed by atoms with Crippen molar-refractivity contribution in [1.29, 1.82) is 0 Å². The number of halogens is 1. The summed E-state index contributed by atoms with van der Waals surface area (Å²) in [4.78, 5) is 15.0. The van der Waals surface area contributed by atoms with Crippen molar-refractivity contribution in [2.24, 2.45) is 5.16 Å². The first-order chi connectivity index (χ1) is 17.3. The van der Waals surface area contributed by atoms with E-state index in [2.05, 4.69) is 27.0 Å². The van der Waals surface area contributed by atoms with Gasteiger partial charge in [0.05, 0.1) is 5.71 Å². The molecule has 0 unspecified atom stereocenters. The highest BCUT2D eigenvalue weighted by atomic mass is 35.5. The summed E-state index contributed by atoms with van der Waals surface area (Å²) in [7, 11) is 0. The maximum Gasteiger partial charge on any atom is 0.511 e. The van der Waals surface area contributed by atoms with Crippen molar-refractivity contribution >= 4 is 23.5 Å². The molecule has 0 saturated heterocycles.